The molecule has 0 saturated carbocycles. The Morgan fingerprint density at radius 3 is 1.87 bits per heavy atom. The second kappa shape index (κ2) is 19.5. The lowest BCUT2D eigenvalue weighted by atomic mass is 10.0. The van der Waals surface area contributed by atoms with Gasteiger partial charge in [0.2, 0.25) is 5.13 Å². The largest absolute Gasteiger partial charge is 0.493 e. The van der Waals surface area contributed by atoms with Crippen LogP contribution in [0.5, 0.6) is 11.5 Å². The molecule has 0 aliphatic rings. The minimum absolute atomic E-state index is 0.267. The van der Waals surface area contributed by atoms with Crippen LogP contribution < -0.4 is 14.9 Å². The van der Waals surface area contributed by atoms with Gasteiger partial charge in [0.05, 0.1) is 42.9 Å². The number of carbonyl (C=O) groups is 2. The summed E-state index contributed by atoms with van der Waals surface area (Å²) in [5.41, 5.74) is 7.95. The topological polar surface area (TPSA) is 108 Å². The van der Waals surface area contributed by atoms with Crippen molar-refractivity contribution in [2.75, 3.05) is 31.9 Å². The third-order valence-corrected chi connectivity index (χ3v) is 7.99. The van der Waals surface area contributed by atoms with E-state index in [9.17, 15) is 9.59 Å². The maximum Gasteiger partial charge on any atom is 0.330 e. The fourth-order valence-corrected chi connectivity index (χ4v) is 5.27. The van der Waals surface area contributed by atoms with E-state index in [1.807, 2.05) is 91.0 Å². The Labute approximate surface area is 306 Å². The summed E-state index contributed by atoms with van der Waals surface area (Å²) in [6, 6.07) is 28.7. The van der Waals surface area contributed by atoms with Crippen molar-refractivity contribution in [3.05, 3.63) is 144 Å². The van der Waals surface area contributed by atoms with Gasteiger partial charge < -0.3 is 18.9 Å². The number of hydrazone groups is 1. The number of para-hydroxylation sites is 1. The fraction of sp³-hybridized carbons (Fsp3) is 0.143. The lowest BCUT2D eigenvalue weighted by molar-refractivity contribution is -0.138. The number of fused-ring (bicyclic) bond motifs is 1. The van der Waals surface area contributed by atoms with Crippen LogP contribution in [0, 0.1) is 23.7 Å². The number of esters is 2. The molecule has 0 unspecified atom stereocenters. The van der Waals surface area contributed by atoms with Gasteiger partial charge in [-0.3, -0.25) is 5.43 Å². The molecule has 0 radical (unpaired) electrons. The zero-order valence-corrected chi connectivity index (χ0v) is 29.1. The molecule has 0 atom stereocenters. The molecule has 52 heavy (non-hydrogen) atoms. The summed E-state index contributed by atoms with van der Waals surface area (Å²) in [7, 11) is 0. The molecule has 0 spiro atoms. The molecule has 0 aliphatic heterocycles. The number of aromatic nitrogens is 1. The highest BCUT2D eigenvalue weighted by atomic mass is 32.1. The van der Waals surface area contributed by atoms with Gasteiger partial charge in [0.15, 0.2) is 0 Å². The monoisotopic (exact) mass is 709 g/mol. The maximum absolute atomic E-state index is 11.1. The Balaban J connectivity index is 1.25. The van der Waals surface area contributed by atoms with Gasteiger partial charge in [0, 0.05) is 52.8 Å². The first kappa shape index (κ1) is 36.7. The summed E-state index contributed by atoms with van der Waals surface area (Å²) in [6.07, 6.45) is 5.13. The molecule has 0 amide bonds. The molecule has 9 nitrogen and oxygen atoms in total. The standard InChI is InChI=1S/C42H35N3O6S/c1-3-40(46)50-27-7-25-48-36-21-15-31(16-22-36)11-12-33-14-20-34(35(29-33)30-43-45-42-44-38-9-5-6-10-39(38)52-42)19-13-32-17-23-37(24-18-32)49-26-8-28-51-41(47)4-2/h3-6,9-10,14-18,20-24,29-30H,1-2,7-8,25-28H2,(H,44,45)/b43-30+. The highest BCUT2D eigenvalue weighted by Crippen LogP contribution is 2.25. The molecule has 1 aromatic heterocycles. The molecular weight excluding hydrogens is 675 g/mol. The average molecular weight is 710 g/mol. The van der Waals surface area contributed by atoms with E-state index in [1.165, 1.54) is 11.3 Å². The molecule has 5 rings (SSSR count). The van der Waals surface area contributed by atoms with E-state index >= 15 is 0 Å². The molecule has 1 heterocycles. The zero-order chi connectivity index (χ0) is 36.4. The van der Waals surface area contributed by atoms with E-state index in [0.29, 0.717) is 42.7 Å². The number of ether oxygens (including phenoxy) is 4. The Bertz CT molecular complexity index is 2130. The highest BCUT2D eigenvalue weighted by Gasteiger charge is 2.04. The zero-order valence-electron chi connectivity index (χ0n) is 28.3. The number of carbonyl (C=O) groups excluding carboxylic acids is 2. The summed E-state index contributed by atoms with van der Waals surface area (Å²) in [5.74, 6) is 13.4. The van der Waals surface area contributed by atoms with Crippen LogP contribution in [0.1, 0.15) is 40.7 Å². The predicted molar refractivity (Wildman–Crippen MR) is 205 cm³/mol. The van der Waals surface area contributed by atoms with E-state index in [1.54, 1.807) is 6.21 Å². The molecule has 10 heteroatoms. The van der Waals surface area contributed by atoms with Crippen molar-refractivity contribution in [1.29, 1.82) is 0 Å². The van der Waals surface area contributed by atoms with Gasteiger partial charge in [-0.25, -0.2) is 14.6 Å². The van der Waals surface area contributed by atoms with Crippen LogP contribution in [0.15, 0.2) is 121 Å². The number of thiazole rings is 1. The quantitative estimate of drug-likeness (QED) is 0.0297. The molecule has 260 valence electrons. The lowest BCUT2D eigenvalue weighted by Gasteiger charge is -2.06. The number of benzene rings is 4. The summed E-state index contributed by atoms with van der Waals surface area (Å²) in [4.78, 5) is 26.9. The second-order valence-electron chi connectivity index (χ2n) is 10.9. The Kier molecular flexibility index (Phi) is 13.8. The number of nitrogens with one attached hydrogen (secondary N) is 1. The van der Waals surface area contributed by atoms with Gasteiger partial charge in [-0.2, -0.15) is 5.10 Å². The number of nitrogens with zero attached hydrogens (tertiary/aromatic N) is 2. The highest BCUT2D eigenvalue weighted by molar-refractivity contribution is 7.22. The molecule has 0 fully saturated rings. The van der Waals surface area contributed by atoms with E-state index < -0.39 is 11.9 Å². The van der Waals surface area contributed by atoms with Gasteiger partial charge in [-0.15, -0.1) is 0 Å². The third kappa shape index (κ3) is 11.8. The van der Waals surface area contributed by atoms with Crippen molar-refractivity contribution in [3.63, 3.8) is 0 Å². The maximum atomic E-state index is 11.1. The van der Waals surface area contributed by atoms with E-state index in [-0.39, 0.29) is 13.2 Å². The fourth-order valence-electron chi connectivity index (χ4n) is 4.45. The Hall–Kier alpha value is -6.62. The first-order chi connectivity index (χ1) is 25.5. The average Bonchev–Trinajstić information content (AvgIpc) is 3.60. The summed E-state index contributed by atoms with van der Waals surface area (Å²) in [6.45, 7) is 8.12. The van der Waals surface area contributed by atoms with Crippen molar-refractivity contribution in [1.82, 2.24) is 4.98 Å². The van der Waals surface area contributed by atoms with Crippen molar-refractivity contribution in [2.45, 2.75) is 12.8 Å². The van der Waals surface area contributed by atoms with Gasteiger partial charge in [-0.05, 0) is 78.9 Å². The van der Waals surface area contributed by atoms with E-state index in [0.717, 1.165) is 50.2 Å². The van der Waals surface area contributed by atoms with E-state index in [2.05, 4.69) is 52.4 Å². The molecule has 0 saturated heterocycles. The normalized spacial score (nSPS) is 10.3. The van der Waals surface area contributed by atoms with Crippen LogP contribution in [0.3, 0.4) is 0 Å². The van der Waals surface area contributed by atoms with Crippen LogP contribution in [0.4, 0.5) is 5.13 Å². The first-order valence-electron chi connectivity index (χ1n) is 16.4. The Morgan fingerprint density at radius 2 is 1.27 bits per heavy atom. The third-order valence-electron chi connectivity index (χ3n) is 7.05. The van der Waals surface area contributed by atoms with Crippen LogP contribution in [-0.2, 0) is 19.1 Å². The number of hydrogen-bond donors (Lipinski definition) is 1. The van der Waals surface area contributed by atoms with Crippen molar-refractivity contribution < 1.29 is 28.5 Å². The number of anilines is 1. The molecular formula is C42H35N3O6S. The predicted octanol–water partition coefficient (Wildman–Crippen LogP) is 7.54. The van der Waals surface area contributed by atoms with Gasteiger partial charge in [0.25, 0.3) is 0 Å². The molecule has 0 aliphatic carbocycles. The van der Waals surface area contributed by atoms with Gasteiger partial charge in [-0.1, -0.05) is 60.3 Å². The number of hydrogen-bond acceptors (Lipinski definition) is 10. The van der Waals surface area contributed by atoms with Gasteiger partial charge in [0.1, 0.15) is 11.5 Å². The molecule has 5 aromatic rings. The smallest absolute Gasteiger partial charge is 0.330 e. The van der Waals surface area contributed by atoms with Crippen LogP contribution in [0.2, 0.25) is 0 Å². The molecule has 4 aromatic carbocycles. The van der Waals surface area contributed by atoms with Crippen molar-refractivity contribution in [2.24, 2.45) is 5.10 Å². The second-order valence-corrected chi connectivity index (χ2v) is 11.9. The molecule has 0 bridgehead atoms. The minimum atomic E-state index is -0.446. The summed E-state index contributed by atoms with van der Waals surface area (Å²) >= 11 is 1.52. The van der Waals surface area contributed by atoms with Crippen LogP contribution in [-0.4, -0.2) is 49.6 Å². The SMILES string of the molecule is C=CC(=O)OCCCOc1ccc(C#Cc2ccc(C#Cc3ccc(OCCCOC(=O)C=C)cc3)c(/C=N/Nc3nc4ccccc4s3)c2)cc1. The summed E-state index contributed by atoms with van der Waals surface area (Å²) in [5, 5.41) is 5.16. The molecule has 1 N–H and O–H groups in total. The minimum Gasteiger partial charge on any atom is -0.493 e. The first-order valence-corrected chi connectivity index (χ1v) is 17.2. The van der Waals surface area contributed by atoms with Crippen molar-refractivity contribution >= 4 is 44.8 Å². The van der Waals surface area contributed by atoms with E-state index in [4.69, 9.17) is 18.9 Å². The lowest BCUT2D eigenvalue weighted by Crippen LogP contribution is -2.06. The summed E-state index contributed by atoms with van der Waals surface area (Å²) < 4.78 is 22.5. The number of rotatable bonds is 15. The Morgan fingerprint density at radius 1 is 0.712 bits per heavy atom. The van der Waals surface area contributed by atoms with Crippen molar-refractivity contribution in [3.8, 4) is 35.2 Å². The van der Waals surface area contributed by atoms with Crippen LogP contribution in [0.25, 0.3) is 10.2 Å². The van der Waals surface area contributed by atoms with Gasteiger partial charge >= 0.3 is 11.9 Å². The van der Waals surface area contributed by atoms with Crippen LogP contribution >= 0.6 is 11.3 Å².